The second-order valence-corrected chi connectivity index (χ2v) is 11.7. The Hall–Kier alpha value is -2.05. The minimum absolute atomic E-state index is 0. The highest BCUT2D eigenvalue weighted by Crippen LogP contribution is 2.38. The van der Waals surface area contributed by atoms with Crippen molar-refractivity contribution in [1.82, 2.24) is 19.5 Å². The Balaban J connectivity index is 0.00000507. The van der Waals surface area contributed by atoms with Gasteiger partial charge in [0.2, 0.25) is 10.0 Å². The van der Waals surface area contributed by atoms with Gasteiger partial charge in [-0.25, -0.2) is 8.42 Å². The van der Waals surface area contributed by atoms with Crippen molar-refractivity contribution < 1.29 is 27.5 Å². The van der Waals surface area contributed by atoms with Crippen molar-refractivity contribution in [2.45, 2.75) is 58.2 Å². The van der Waals surface area contributed by atoms with Gasteiger partial charge in [0.05, 0.1) is 16.8 Å². The number of fused-ring (bicyclic) bond motifs is 1. The Morgan fingerprint density at radius 2 is 2.03 bits per heavy atom. The quantitative estimate of drug-likeness (QED) is 0.363. The Morgan fingerprint density at radius 3 is 2.63 bits per heavy atom. The van der Waals surface area contributed by atoms with Crippen molar-refractivity contribution in [3.05, 3.63) is 28.9 Å². The zero-order chi connectivity index (χ0) is 27.2. The van der Waals surface area contributed by atoms with Gasteiger partial charge in [-0.1, -0.05) is 23.7 Å². The van der Waals surface area contributed by atoms with Crippen molar-refractivity contribution in [2.75, 3.05) is 39.7 Å². The zero-order valence-corrected chi connectivity index (χ0v) is 24.7. The van der Waals surface area contributed by atoms with E-state index in [-0.39, 0.29) is 30.4 Å². The number of carbonyl (C=O) groups excluding carboxylic acids is 2. The van der Waals surface area contributed by atoms with E-state index in [2.05, 4.69) is 5.32 Å². The molecular weight excluding hydrogens is 555 g/mol. The number of ether oxygens (including phenoxy) is 2. The summed E-state index contributed by atoms with van der Waals surface area (Å²) in [6, 6.07) is 5.23. The number of halogens is 2. The maximum absolute atomic E-state index is 14.1. The number of para-hydroxylation sites is 1. The number of sulfonamides is 1. The molecular formula is C25H38Cl2N4O6S. The molecule has 0 saturated carbocycles. The van der Waals surface area contributed by atoms with Crippen LogP contribution in [0.1, 0.15) is 50.0 Å². The molecule has 2 amide bonds. The van der Waals surface area contributed by atoms with Crippen LogP contribution in [0, 0.1) is 0 Å². The molecule has 0 unspecified atom stereocenters. The van der Waals surface area contributed by atoms with Crippen LogP contribution in [0.3, 0.4) is 0 Å². The minimum atomic E-state index is -3.71. The van der Waals surface area contributed by atoms with Crippen LogP contribution in [0.5, 0.6) is 5.75 Å². The van der Waals surface area contributed by atoms with E-state index in [1.54, 1.807) is 19.2 Å². The minimum Gasteiger partial charge on any atom is -0.482 e. The second kappa shape index (κ2) is 14.4. The van der Waals surface area contributed by atoms with Crippen LogP contribution in [0.15, 0.2) is 18.2 Å². The number of nitrogens with zero attached hydrogens (tertiary/aromatic N) is 2. The van der Waals surface area contributed by atoms with E-state index in [1.807, 2.05) is 34.1 Å². The van der Waals surface area contributed by atoms with Crippen LogP contribution in [-0.4, -0.2) is 81.5 Å². The van der Waals surface area contributed by atoms with Crippen LogP contribution in [-0.2, 0) is 26.1 Å². The predicted molar refractivity (Wildman–Crippen MR) is 151 cm³/mol. The maximum Gasteiger partial charge on any atom is 0.272 e. The number of aromatic nitrogens is 1. The topological polar surface area (TPSA) is 119 Å². The lowest BCUT2D eigenvalue weighted by atomic mass is 10.0. The molecule has 13 heteroatoms. The fourth-order valence-corrected chi connectivity index (χ4v) is 5.60. The van der Waals surface area contributed by atoms with Crippen LogP contribution in [0.4, 0.5) is 0 Å². The summed E-state index contributed by atoms with van der Waals surface area (Å²) in [5.41, 5.74) is 0.968. The SMILES string of the molecule is COCCCCn1c(C(=O)N(C(C)C)[C@@H]2CCCNC2)c(Cl)c2cccc(OCC(=O)NS(C)(=O)=O)c21.Cl. The summed E-state index contributed by atoms with van der Waals surface area (Å²) in [5, 5.41) is 4.34. The van der Waals surface area contributed by atoms with Crippen molar-refractivity contribution in [3.8, 4) is 5.75 Å². The van der Waals surface area contributed by atoms with Crippen LogP contribution in [0.25, 0.3) is 10.9 Å². The van der Waals surface area contributed by atoms with E-state index in [4.69, 9.17) is 21.1 Å². The van der Waals surface area contributed by atoms with Gasteiger partial charge in [0, 0.05) is 44.3 Å². The molecule has 214 valence electrons. The maximum atomic E-state index is 14.1. The van der Waals surface area contributed by atoms with Crippen molar-refractivity contribution in [3.63, 3.8) is 0 Å². The number of unbranched alkanes of at least 4 members (excludes halogenated alkanes) is 1. The van der Waals surface area contributed by atoms with Gasteiger partial charge in [-0.05, 0) is 52.1 Å². The molecule has 1 aliphatic rings. The summed E-state index contributed by atoms with van der Waals surface area (Å²) in [5.74, 6) is -0.613. The molecule has 0 radical (unpaired) electrons. The summed E-state index contributed by atoms with van der Waals surface area (Å²) in [6.07, 6.45) is 4.30. The number of benzene rings is 1. The lowest BCUT2D eigenvalue weighted by Crippen LogP contribution is -2.52. The molecule has 1 aromatic heterocycles. The molecule has 1 fully saturated rings. The number of hydrogen-bond donors (Lipinski definition) is 2. The first-order valence-corrected chi connectivity index (χ1v) is 14.8. The molecule has 1 saturated heterocycles. The largest absolute Gasteiger partial charge is 0.482 e. The second-order valence-electron chi connectivity index (χ2n) is 9.56. The fraction of sp³-hybridized carbons (Fsp3) is 0.600. The third kappa shape index (κ3) is 7.98. The number of amides is 2. The average molecular weight is 594 g/mol. The third-order valence-electron chi connectivity index (χ3n) is 6.28. The van der Waals surface area contributed by atoms with Gasteiger partial charge in [0.1, 0.15) is 11.4 Å². The summed E-state index contributed by atoms with van der Waals surface area (Å²) in [6.45, 7) is 6.22. The summed E-state index contributed by atoms with van der Waals surface area (Å²) in [4.78, 5) is 28.1. The number of carbonyl (C=O) groups is 2. The molecule has 3 rings (SSSR count). The molecule has 2 N–H and O–H groups in total. The third-order valence-corrected chi connectivity index (χ3v) is 7.26. The van der Waals surface area contributed by atoms with E-state index >= 15 is 0 Å². The number of rotatable bonds is 12. The molecule has 10 nitrogen and oxygen atoms in total. The van der Waals surface area contributed by atoms with Gasteiger partial charge in [-0.3, -0.25) is 14.3 Å². The first-order chi connectivity index (χ1) is 17.5. The van der Waals surface area contributed by atoms with Gasteiger partial charge in [0.25, 0.3) is 11.8 Å². The highest BCUT2D eigenvalue weighted by atomic mass is 35.5. The van der Waals surface area contributed by atoms with Crippen molar-refractivity contribution in [2.24, 2.45) is 0 Å². The predicted octanol–water partition coefficient (Wildman–Crippen LogP) is 3.20. The molecule has 2 heterocycles. The highest BCUT2D eigenvalue weighted by molar-refractivity contribution is 7.89. The van der Waals surface area contributed by atoms with Gasteiger partial charge >= 0.3 is 0 Å². The molecule has 1 atom stereocenters. The van der Waals surface area contributed by atoms with E-state index in [0.29, 0.717) is 40.5 Å². The van der Waals surface area contributed by atoms with Crippen LogP contribution in [0.2, 0.25) is 5.02 Å². The monoisotopic (exact) mass is 592 g/mol. The fourth-order valence-electron chi connectivity index (χ4n) is 4.80. The first-order valence-electron chi connectivity index (χ1n) is 12.5. The first kappa shape index (κ1) is 32.2. The van der Waals surface area contributed by atoms with Crippen LogP contribution >= 0.6 is 24.0 Å². The molecule has 1 aliphatic heterocycles. The number of hydrogen-bond acceptors (Lipinski definition) is 7. The summed E-state index contributed by atoms with van der Waals surface area (Å²) in [7, 11) is -2.07. The molecule has 0 spiro atoms. The Labute approximate surface area is 235 Å². The molecule has 38 heavy (non-hydrogen) atoms. The molecule has 1 aromatic carbocycles. The standard InChI is InChI=1S/C25H37ClN4O6S.ClH/c1-17(2)30(18-9-8-12-27-15-18)25(32)24-22(26)19-10-7-11-20(36-16-21(31)28-37(4,33)34)23(19)29(24)13-5-6-14-35-3;/h7,10-11,17-18,27H,5-6,8-9,12-16H2,1-4H3,(H,28,31);1H/t18-;/m1./s1. The number of nitrogens with one attached hydrogen (secondary N) is 2. The lowest BCUT2D eigenvalue weighted by Gasteiger charge is -2.38. The number of methoxy groups -OCH3 is 1. The van der Waals surface area contributed by atoms with E-state index in [9.17, 15) is 18.0 Å². The highest BCUT2D eigenvalue weighted by Gasteiger charge is 2.33. The van der Waals surface area contributed by atoms with E-state index < -0.39 is 22.5 Å². The van der Waals surface area contributed by atoms with Crippen molar-refractivity contribution >= 4 is 56.7 Å². The Kier molecular flexibility index (Phi) is 12.2. The van der Waals surface area contributed by atoms with Gasteiger partial charge < -0.3 is 24.3 Å². The lowest BCUT2D eigenvalue weighted by molar-refractivity contribution is -0.121. The number of aryl methyl sites for hydroxylation is 1. The molecule has 0 bridgehead atoms. The van der Waals surface area contributed by atoms with Crippen LogP contribution < -0.4 is 14.8 Å². The average Bonchev–Trinajstić information content (AvgIpc) is 3.12. The summed E-state index contributed by atoms with van der Waals surface area (Å²) < 4.78 is 37.5. The van der Waals surface area contributed by atoms with E-state index in [1.165, 1.54) is 0 Å². The normalized spacial score (nSPS) is 15.8. The van der Waals surface area contributed by atoms with E-state index in [0.717, 1.165) is 45.0 Å². The zero-order valence-electron chi connectivity index (χ0n) is 22.3. The van der Waals surface area contributed by atoms with Gasteiger partial charge in [-0.15, -0.1) is 12.4 Å². The van der Waals surface area contributed by atoms with Gasteiger partial charge in [0.15, 0.2) is 6.61 Å². The van der Waals surface area contributed by atoms with Gasteiger partial charge in [-0.2, -0.15) is 0 Å². The number of piperidine rings is 1. The molecule has 0 aliphatic carbocycles. The molecule has 2 aromatic rings. The van der Waals surface area contributed by atoms with Crippen molar-refractivity contribution in [1.29, 1.82) is 0 Å². The summed E-state index contributed by atoms with van der Waals surface area (Å²) >= 11 is 6.88. The Morgan fingerprint density at radius 1 is 1.29 bits per heavy atom. The smallest absolute Gasteiger partial charge is 0.272 e. The Bertz CT molecular complexity index is 1210.